The van der Waals surface area contributed by atoms with E-state index in [1.807, 2.05) is 17.5 Å². The molecular formula is C13H14N2O3S. The van der Waals surface area contributed by atoms with Crippen LogP contribution in [0.2, 0.25) is 0 Å². The Bertz CT molecular complexity index is 528. The highest BCUT2D eigenvalue weighted by Gasteiger charge is 2.06. The summed E-state index contributed by atoms with van der Waals surface area (Å²) in [7, 11) is 0. The van der Waals surface area contributed by atoms with Crippen LogP contribution in [0.15, 0.2) is 35.8 Å². The lowest BCUT2D eigenvalue weighted by atomic mass is 10.3. The highest BCUT2D eigenvalue weighted by atomic mass is 32.1. The number of benzene rings is 1. The molecule has 0 unspecified atom stereocenters. The Balaban J connectivity index is 1.68. The first-order valence-electron chi connectivity index (χ1n) is 5.77. The van der Waals surface area contributed by atoms with Crippen LogP contribution in [0.1, 0.15) is 11.4 Å². The first-order valence-corrected chi connectivity index (χ1v) is 6.65. The van der Waals surface area contributed by atoms with Crippen LogP contribution in [-0.2, 0) is 16.1 Å². The molecule has 0 spiro atoms. The summed E-state index contributed by atoms with van der Waals surface area (Å²) < 4.78 is 10.5. The minimum atomic E-state index is -0.315. The maximum absolute atomic E-state index is 11.5. The molecule has 0 fully saturated rings. The second-order valence-corrected chi connectivity index (χ2v) is 4.70. The predicted octanol–water partition coefficient (Wildman–Crippen LogP) is 2.24. The molecule has 1 aromatic heterocycles. The van der Waals surface area contributed by atoms with Crippen molar-refractivity contribution >= 4 is 23.0 Å². The number of ether oxygens (including phenoxy) is 2. The van der Waals surface area contributed by atoms with Gasteiger partial charge in [-0.2, -0.15) is 0 Å². The van der Waals surface area contributed by atoms with Crippen LogP contribution < -0.4 is 10.5 Å². The summed E-state index contributed by atoms with van der Waals surface area (Å²) in [6.07, 6.45) is 1.86. The van der Waals surface area contributed by atoms with Gasteiger partial charge in [-0.05, 0) is 12.1 Å². The van der Waals surface area contributed by atoms with Crippen LogP contribution in [0.25, 0.3) is 0 Å². The third kappa shape index (κ3) is 4.26. The summed E-state index contributed by atoms with van der Waals surface area (Å²) in [6, 6.07) is 7.16. The second kappa shape index (κ2) is 6.75. The van der Waals surface area contributed by atoms with E-state index in [1.54, 1.807) is 18.3 Å². The average Bonchev–Trinajstić information content (AvgIpc) is 2.92. The molecule has 2 rings (SSSR count). The molecule has 2 N–H and O–H groups in total. The monoisotopic (exact) mass is 278 g/mol. The first-order chi connectivity index (χ1) is 9.25. The Labute approximate surface area is 115 Å². The van der Waals surface area contributed by atoms with E-state index in [1.165, 1.54) is 11.3 Å². The molecule has 0 aliphatic rings. The molecule has 19 heavy (non-hydrogen) atoms. The number of nitrogens with two attached hydrogens (primary N) is 1. The van der Waals surface area contributed by atoms with Gasteiger partial charge < -0.3 is 15.2 Å². The van der Waals surface area contributed by atoms with Crippen molar-refractivity contribution in [3.8, 4) is 5.75 Å². The maximum atomic E-state index is 11.5. The molecule has 1 aromatic carbocycles. The van der Waals surface area contributed by atoms with Crippen molar-refractivity contribution in [2.24, 2.45) is 0 Å². The molecule has 5 nitrogen and oxygen atoms in total. The van der Waals surface area contributed by atoms with E-state index < -0.39 is 0 Å². The molecule has 100 valence electrons. The molecule has 0 saturated carbocycles. The van der Waals surface area contributed by atoms with Crippen LogP contribution in [-0.4, -0.2) is 17.6 Å². The summed E-state index contributed by atoms with van der Waals surface area (Å²) in [6.45, 7) is 0.453. The van der Waals surface area contributed by atoms with E-state index in [-0.39, 0.29) is 25.6 Å². The zero-order valence-corrected chi connectivity index (χ0v) is 11.1. The van der Waals surface area contributed by atoms with Gasteiger partial charge >= 0.3 is 5.97 Å². The van der Waals surface area contributed by atoms with Gasteiger partial charge in [0.05, 0.1) is 18.7 Å². The fourth-order valence-electron chi connectivity index (χ4n) is 1.39. The van der Waals surface area contributed by atoms with Gasteiger partial charge in [0.2, 0.25) is 0 Å². The number of rotatable bonds is 6. The molecule has 0 radical (unpaired) electrons. The lowest BCUT2D eigenvalue weighted by Gasteiger charge is -2.08. The summed E-state index contributed by atoms with van der Waals surface area (Å²) in [5, 5.41) is 2.62. The fraction of sp³-hybridized carbons (Fsp3) is 0.231. The highest BCUT2D eigenvalue weighted by molar-refractivity contribution is 7.09. The molecule has 0 atom stereocenters. The smallest absolute Gasteiger partial charge is 0.309 e. The quantitative estimate of drug-likeness (QED) is 0.648. The van der Waals surface area contributed by atoms with Crippen molar-refractivity contribution in [1.82, 2.24) is 4.98 Å². The maximum Gasteiger partial charge on any atom is 0.309 e. The Kier molecular flexibility index (Phi) is 4.74. The summed E-state index contributed by atoms with van der Waals surface area (Å²) in [5.74, 6) is 0.264. The Morgan fingerprint density at radius 3 is 2.95 bits per heavy atom. The number of hydrogen-bond acceptors (Lipinski definition) is 6. The molecule has 0 saturated heterocycles. The summed E-state index contributed by atoms with van der Waals surface area (Å²) >= 11 is 1.45. The number of anilines is 1. The second-order valence-electron chi connectivity index (χ2n) is 3.72. The van der Waals surface area contributed by atoms with Crippen molar-refractivity contribution in [2.45, 2.75) is 13.0 Å². The van der Waals surface area contributed by atoms with Gasteiger partial charge in [-0.1, -0.05) is 12.1 Å². The Morgan fingerprint density at radius 2 is 2.21 bits per heavy atom. The number of aromatic nitrogens is 1. The van der Waals surface area contributed by atoms with E-state index in [0.717, 1.165) is 5.01 Å². The lowest BCUT2D eigenvalue weighted by Crippen LogP contribution is -2.10. The topological polar surface area (TPSA) is 74.4 Å². The number of nitrogen functional groups attached to an aromatic ring is 1. The summed E-state index contributed by atoms with van der Waals surface area (Å²) in [5.41, 5.74) is 6.27. The Hall–Kier alpha value is -2.08. The van der Waals surface area contributed by atoms with Gasteiger partial charge in [-0.3, -0.25) is 4.79 Å². The number of hydrogen-bond donors (Lipinski definition) is 1. The van der Waals surface area contributed by atoms with E-state index in [2.05, 4.69) is 4.98 Å². The van der Waals surface area contributed by atoms with Crippen LogP contribution in [0.3, 0.4) is 0 Å². The fourth-order valence-corrected chi connectivity index (χ4v) is 1.92. The van der Waals surface area contributed by atoms with Crippen LogP contribution in [0, 0.1) is 0 Å². The van der Waals surface area contributed by atoms with Crippen molar-refractivity contribution < 1.29 is 14.3 Å². The molecule has 0 amide bonds. The Morgan fingerprint density at radius 1 is 1.37 bits per heavy atom. The third-order valence-electron chi connectivity index (χ3n) is 2.32. The van der Waals surface area contributed by atoms with Crippen molar-refractivity contribution in [3.63, 3.8) is 0 Å². The molecular weight excluding hydrogens is 264 g/mol. The van der Waals surface area contributed by atoms with E-state index in [0.29, 0.717) is 11.4 Å². The number of carbonyl (C=O) groups excluding carboxylic acids is 1. The van der Waals surface area contributed by atoms with Gasteiger partial charge in [0.25, 0.3) is 0 Å². The first kappa shape index (κ1) is 13.4. The number of thiazole rings is 1. The minimum absolute atomic E-state index is 0.180. The number of para-hydroxylation sites is 2. The van der Waals surface area contributed by atoms with Crippen LogP contribution >= 0.6 is 11.3 Å². The standard InChI is InChI=1S/C13H14N2O3S/c14-10-3-1-2-4-11(10)17-7-5-13(16)18-9-12-15-6-8-19-12/h1-4,6,8H,5,7,9,14H2. The van der Waals surface area contributed by atoms with Gasteiger partial charge in [0, 0.05) is 11.6 Å². The SMILES string of the molecule is Nc1ccccc1OCCC(=O)OCc1nccs1. The third-order valence-corrected chi connectivity index (χ3v) is 3.08. The molecule has 6 heteroatoms. The zero-order chi connectivity index (χ0) is 13.5. The van der Waals surface area contributed by atoms with E-state index in [9.17, 15) is 4.79 Å². The summed E-state index contributed by atoms with van der Waals surface area (Å²) in [4.78, 5) is 15.5. The van der Waals surface area contributed by atoms with Crippen LogP contribution in [0.5, 0.6) is 5.75 Å². The number of esters is 1. The predicted molar refractivity (Wildman–Crippen MR) is 72.9 cm³/mol. The largest absolute Gasteiger partial charge is 0.491 e. The van der Waals surface area contributed by atoms with Gasteiger partial charge in [-0.25, -0.2) is 4.98 Å². The molecule has 0 bridgehead atoms. The number of carbonyl (C=O) groups is 1. The van der Waals surface area contributed by atoms with E-state index >= 15 is 0 Å². The van der Waals surface area contributed by atoms with Gasteiger partial charge in [0.1, 0.15) is 17.4 Å². The van der Waals surface area contributed by atoms with Crippen molar-refractivity contribution in [2.75, 3.05) is 12.3 Å². The molecule has 2 aromatic rings. The molecule has 0 aliphatic carbocycles. The normalized spacial score (nSPS) is 10.1. The van der Waals surface area contributed by atoms with Gasteiger partial charge in [-0.15, -0.1) is 11.3 Å². The number of nitrogens with zero attached hydrogens (tertiary/aromatic N) is 1. The minimum Gasteiger partial charge on any atom is -0.491 e. The highest BCUT2D eigenvalue weighted by Crippen LogP contribution is 2.19. The lowest BCUT2D eigenvalue weighted by molar-refractivity contribution is -0.145. The van der Waals surface area contributed by atoms with Gasteiger partial charge in [0.15, 0.2) is 0 Å². The average molecular weight is 278 g/mol. The molecule has 1 heterocycles. The van der Waals surface area contributed by atoms with Crippen molar-refractivity contribution in [1.29, 1.82) is 0 Å². The zero-order valence-electron chi connectivity index (χ0n) is 10.2. The van der Waals surface area contributed by atoms with E-state index in [4.69, 9.17) is 15.2 Å². The van der Waals surface area contributed by atoms with Crippen molar-refractivity contribution in [3.05, 3.63) is 40.8 Å². The van der Waals surface area contributed by atoms with Crippen LogP contribution in [0.4, 0.5) is 5.69 Å². The molecule has 0 aliphatic heterocycles.